The summed E-state index contributed by atoms with van der Waals surface area (Å²) in [5.41, 5.74) is 0.716. The van der Waals surface area contributed by atoms with Crippen molar-refractivity contribution >= 4 is 18.0 Å². The summed E-state index contributed by atoms with van der Waals surface area (Å²) in [6.07, 6.45) is 2.38. The summed E-state index contributed by atoms with van der Waals surface area (Å²) in [4.78, 5) is 38.0. The van der Waals surface area contributed by atoms with E-state index in [0.717, 1.165) is 30.4 Å². The van der Waals surface area contributed by atoms with Gasteiger partial charge in [-0.15, -0.1) is 0 Å². The maximum Gasteiger partial charge on any atom is 0.415 e. The number of imide groups is 1. The van der Waals surface area contributed by atoms with E-state index >= 15 is 0 Å². The molecule has 2 aliphatic rings. The topological polar surface area (TPSA) is 99.8 Å². The number of hydrogen-bond acceptors (Lipinski definition) is 5. The number of urea groups is 1. The molecule has 3 N–H and O–H groups in total. The van der Waals surface area contributed by atoms with Crippen LogP contribution in [0.25, 0.3) is 0 Å². The molecule has 0 aliphatic carbocycles. The molecule has 2 heterocycles. The molecule has 168 valence electrons. The van der Waals surface area contributed by atoms with Gasteiger partial charge >= 0.3 is 12.1 Å². The van der Waals surface area contributed by atoms with Crippen molar-refractivity contribution in [3.8, 4) is 5.75 Å². The average molecular weight is 437 g/mol. The highest BCUT2D eigenvalue weighted by Crippen LogP contribution is 2.25. The Labute approximate surface area is 187 Å². The Morgan fingerprint density at radius 3 is 2.69 bits per heavy atom. The van der Waals surface area contributed by atoms with Gasteiger partial charge in [0, 0.05) is 25.7 Å². The summed E-state index contributed by atoms with van der Waals surface area (Å²) in [5, 5.41) is 8.57. The molecule has 0 saturated carbocycles. The van der Waals surface area contributed by atoms with Crippen molar-refractivity contribution in [2.75, 3.05) is 13.1 Å². The molecule has 0 spiro atoms. The largest absolute Gasteiger partial charge is 0.415 e. The number of carbonyl (C=O) groups excluding carboxylic acids is 3. The fraction of sp³-hybridized carbons (Fsp3) is 0.375. The number of amides is 4. The van der Waals surface area contributed by atoms with Crippen LogP contribution in [0, 0.1) is 0 Å². The van der Waals surface area contributed by atoms with E-state index in [2.05, 4.69) is 16.0 Å². The Bertz CT molecular complexity index is 997. The summed E-state index contributed by atoms with van der Waals surface area (Å²) in [7, 11) is 0. The maximum absolute atomic E-state index is 12.5. The molecule has 8 heteroatoms. The van der Waals surface area contributed by atoms with Crippen molar-refractivity contribution < 1.29 is 19.1 Å². The third-order valence-electron chi connectivity index (χ3n) is 6.08. The summed E-state index contributed by atoms with van der Waals surface area (Å²) < 4.78 is 5.47. The minimum Gasteiger partial charge on any atom is -0.410 e. The molecule has 2 fully saturated rings. The second kappa shape index (κ2) is 9.40. The van der Waals surface area contributed by atoms with Gasteiger partial charge in [0.25, 0.3) is 5.91 Å². The van der Waals surface area contributed by atoms with Gasteiger partial charge in [0.05, 0.1) is 0 Å². The van der Waals surface area contributed by atoms with E-state index in [1.165, 1.54) is 0 Å². The molecule has 2 aliphatic heterocycles. The molecule has 8 nitrogen and oxygen atoms in total. The van der Waals surface area contributed by atoms with E-state index in [1.54, 1.807) is 24.0 Å². The Morgan fingerprint density at radius 1 is 1.12 bits per heavy atom. The van der Waals surface area contributed by atoms with E-state index in [9.17, 15) is 14.4 Å². The number of nitrogens with zero attached hydrogens (tertiary/aromatic N) is 1. The number of benzene rings is 2. The van der Waals surface area contributed by atoms with Gasteiger partial charge in [-0.3, -0.25) is 10.1 Å². The van der Waals surface area contributed by atoms with E-state index in [-0.39, 0.29) is 18.0 Å². The summed E-state index contributed by atoms with van der Waals surface area (Å²) >= 11 is 0. The lowest BCUT2D eigenvalue weighted by atomic mass is 9.91. The van der Waals surface area contributed by atoms with Gasteiger partial charge in [0.15, 0.2) is 0 Å². The summed E-state index contributed by atoms with van der Waals surface area (Å²) in [6.45, 7) is 3.65. The van der Waals surface area contributed by atoms with E-state index < -0.39 is 11.6 Å². The monoisotopic (exact) mass is 436 g/mol. The molecule has 2 saturated heterocycles. The number of likely N-dealkylation sites (tertiary alicyclic amines) is 1. The van der Waals surface area contributed by atoms with Gasteiger partial charge < -0.3 is 20.3 Å². The lowest BCUT2D eigenvalue weighted by Crippen LogP contribution is -2.40. The van der Waals surface area contributed by atoms with Crippen LogP contribution in [0.15, 0.2) is 54.6 Å². The molecule has 4 amide bonds. The predicted molar refractivity (Wildman–Crippen MR) is 119 cm³/mol. The van der Waals surface area contributed by atoms with E-state index in [1.807, 2.05) is 42.5 Å². The first-order chi connectivity index (χ1) is 15.4. The van der Waals surface area contributed by atoms with Gasteiger partial charge in [-0.1, -0.05) is 42.5 Å². The summed E-state index contributed by atoms with van der Waals surface area (Å²) in [6, 6.07) is 16.6. The molecular formula is C24H28N4O4. The molecule has 0 bridgehead atoms. The molecule has 0 radical (unpaired) electrons. The van der Waals surface area contributed by atoms with E-state index in [0.29, 0.717) is 25.4 Å². The Kier molecular flexibility index (Phi) is 6.41. The molecule has 2 aromatic rings. The van der Waals surface area contributed by atoms with Crippen LogP contribution in [0.5, 0.6) is 5.75 Å². The predicted octanol–water partition coefficient (Wildman–Crippen LogP) is 2.88. The van der Waals surface area contributed by atoms with Crippen LogP contribution >= 0.6 is 0 Å². The Balaban J connectivity index is 1.31. The van der Waals surface area contributed by atoms with Crippen LogP contribution in [0.2, 0.25) is 0 Å². The first kappa shape index (κ1) is 21.8. The minimum absolute atomic E-state index is 0.276. The molecule has 2 aromatic carbocycles. The molecule has 2 atom stereocenters. The molecule has 4 rings (SSSR count). The quantitative estimate of drug-likeness (QED) is 0.626. The number of rotatable bonds is 5. The molecule has 32 heavy (non-hydrogen) atoms. The highest BCUT2D eigenvalue weighted by Gasteiger charge is 2.43. The lowest BCUT2D eigenvalue weighted by Gasteiger charge is -2.22. The van der Waals surface area contributed by atoms with E-state index in [4.69, 9.17) is 4.74 Å². The molecule has 2 unspecified atom stereocenters. The highest BCUT2D eigenvalue weighted by molar-refractivity contribution is 6.07. The minimum atomic E-state index is -1.06. The Morgan fingerprint density at radius 2 is 1.94 bits per heavy atom. The summed E-state index contributed by atoms with van der Waals surface area (Å²) in [5.74, 6) is 0.205. The second-order valence-electron chi connectivity index (χ2n) is 8.41. The van der Waals surface area contributed by atoms with Gasteiger partial charge in [-0.2, -0.15) is 0 Å². The smallest absolute Gasteiger partial charge is 0.410 e. The second-order valence-corrected chi connectivity index (χ2v) is 8.41. The fourth-order valence-electron chi connectivity index (χ4n) is 4.14. The SMILES string of the molecule is CC1(c2cccc(CNC3CCCN(C(=O)Oc4ccccc4)CC3)c2)NC(=O)NC1=O. The highest BCUT2D eigenvalue weighted by atomic mass is 16.6. The van der Waals surface area contributed by atoms with Crippen molar-refractivity contribution in [3.63, 3.8) is 0 Å². The van der Waals surface area contributed by atoms with Crippen LogP contribution in [0.1, 0.15) is 37.3 Å². The van der Waals surface area contributed by atoms with Crippen molar-refractivity contribution in [1.82, 2.24) is 20.9 Å². The van der Waals surface area contributed by atoms with Crippen LogP contribution < -0.4 is 20.7 Å². The van der Waals surface area contributed by atoms with Gasteiger partial charge in [0.2, 0.25) is 0 Å². The normalized spacial score (nSPS) is 23.3. The van der Waals surface area contributed by atoms with Crippen molar-refractivity contribution in [1.29, 1.82) is 0 Å². The van der Waals surface area contributed by atoms with Crippen LogP contribution in [0.3, 0.4) is 0 Å². The third-order valence-corrected chi connectivity index (χ3v) is 6.08. The zero-order valence-electron chi connectivity index (χ0n) is 18.1. The number of nitrogens with one attached hydrogen (secondary N) is 3. The van der Waals surface area contributed by atoms with Gasteiger partial charge in [0.1, 0.15) is 11.3 Å². The average Bonchev–Trinajstić information content (AvgIpc) is 2.95. The third kappa shape index (κ3) is 4.91. The van der Waals surface area contributed by atoms with Crippen LogP contribution in [-0.4, -0.2) is 42.1 Å². The van der Waals surface area contributed by atoms with Crippen LogP contribution in [-0.2, 0) is 16.9 Å². The first-order valence-corrected chi connectivity index (χ1v) is 10.9. The van der Waals surface area contributed by atoms with Crippen molar-refractivity contribution in [3.05, 3.63) is 65.7 Å². The van der Waals surface area contributed by atoms with Gasteiger partial charge in [-0.05, 0) is 49.4 Å². The fourth-order valence-corrected chi connectivity index (χ4v) is 4.14. The maximum atomic E-state index is 12.5. The van der Waals surface area contributed by atoms with Crippen molar-refractivity contribution in [2.24, 2.45) is 0 Å². The lowest BCUT2D eigenvalue weighted by molar-refractivity contribution is -0.123. The Hall–Kier alpha value is -3.39. The van der Waals surface area contributed by atoms with Crippen molar-refractivity contribution in [2.45, 2.75) is 44.3 Å². The van der Waals surface area contributed by atoms with Gasteiger partial charge in [-0.25, -0.2) is 9.59 Å². The molecular weight excluding hydrogens is 408 g/mol. The van der Waals surface area contributed by atoms with Crippen LogP contribution in [0.4, 0.5) is 9.59 Å². The zero-order chi connectivity index (χ0) is 22.6. The number of ether oxygens (including phenoxy) is 1. The number of hydrogen-bond donors (Lipinski definition) is 3. The zero-order valence-corrected chi connectivity index (χ0v) is 18.1. The number of para-hydroxylation sites is 1. The first-order valence-electron chi connectivity index (χ1n) is 10.9. The molecule has 0 aromatic heterocycles. The number of carbonyl (C=O) groups is 3. The standard InChI is InChI=1S/C24H28N4O4/c1-24(21(29)26-22(30)27-24)18-8-5-7-17(15-18)16-25-19-9-6-13-28(14-12-19)23(31)32-20-10-3-2-4-11-20/h2-5,7-8,10-11,15,19,25H,6,9,12-14,16H2,1H3,(H2,26,27,29,30).